The fourth-order valence-corrected chi connectivity index (χ4v) is 3.32. The molecule has 1 atom stereocenters. The average molecular weight is 376 g/mol. The number of aliphatic imine (C=N–C) groups is 1. The topological polar surface area (TPSA) is 46.1 Å². The number of ether oxygens (including phenoxy) is 2. The minimum absolute atomic E-state index is 0.130. The molecule has 0 aliphatic carbocycles. The van der Waals surface area contributed by atoms with E-state index in [-0.39, 0.29) is 6.10 Å². The summed E-state index contributed by atoms with van der Waals surface area (Å²) in [5.41, 5.74) is 1.22. The maximum absolute atomic E-state index is 5.94. The molecule has 1 aliphatic heterocycles. The van der Waals surface area contributed by atoms with Crippen LogP contribution in [0.2, 0.25) is 0 Å². The van der Waals surface area contributed by atoms with E-state index in [1.54, 1.807) is 0 Å². The van der Waals surface area contributed by atoms with Crippen LogP contribution in [0.4, 0.5) is 0 Å². The standard InChI is InChI=1S/C22H37N3O2/c1-4-23-22(25(3)15-11-20-12-17-26-18-13-20)24-14-8-16-27-19(2)21-9-6-5-7-10-21/h5-7,9-10,19-20H,4,8,11-18H2,1-3H3,(H,23,24). The van der Waals surface area contributed by atoms with Gasteiger partial charge in [0, 0.05) is 46.5 Å². The number of rotatable bonds is 10. The highest BCUT2D eigenvalue weighted by molar-refractivity contribution is 5.79. The van der Waals surface area contributed by atoms with Crippen LogP contribution in [0.1, 0.15) is 51.2 Å². The zero-order valence-electron chi connectivity index (χ0n) is 17.3. The van der Waals surface area contributed by atoms with Crippen LogP contribution in [-0.2, 0) is 9.47 Å². The van der Waals surface area contributed by atoms with Crippen molar-refractivity contribution < 1.29 is 9.47 Å². The van der Waals surface area contributed by atoms with E-state index in [1.807, 2.05) is 6.07 Å². The Morgan fingerprint density at radius 2 is 2.04 bits per heavy atom. The van der Waals surface area contributed by atoms with Crippen molar-refractivity contribution in [2.24, 2.45) is 10.9 Å². The Hall–Kier alpha value is -1.59. The molecule has 1 heterocycles. The molecule has 0 aromatic heterocycles. The Kier molecular flexibility index (Phi) is 10.2. The van der Waals surface area contributed by atoms with Gasteiger partial charge in [0.05, 0.1) is 6.10 Å². The third kappa shape index (κ3) is 8.31. The van der Waals surface area contributed by atoms with Gasteiger partial charge in [-0.05, 0) is 51.0 Å². The number of nitrogens with zero attached hydrogens (tertiary/aromatic N) is 2. The first-order chi connectivity index (χ1) is 13.2. The molecule has 1 aromatic carbocycles. The summed E-state index contributed by atoms with van der Waals surface area (Å²) in [5, 5.41) is 3.41. The van der Waals surface area contributed by atoms with Crippen molar-refractivity contribution >= 4 is 5.96 Å². The summed E-state index contributed by atoms with van der Waals surface area (Å²) in [6.45, 7) is 9.50. The number of hydrogen-bond donors (Lipinski definition) is 1. The molecular weight excluding hydrogens is 338 g/mol. The van der Waals surface area contributed by atoms with E-state index in [1.165, 1.54) is 24.8 Å². The normalized spacial score (nSPS) is 16.9. The molecule has 1 aliphatic rings. The van der Waals surface area contributed by atoms with Gasteiger partial charge in [-0.2, -0.15) is 0 Å². The fourth-order valence-electron chi connectivity index (χ4n) is 3.32. The summed E-state index contributed by atoms with van der Waals surface area (Å²) in [6.07, 6.45) is 4.66. The Labute approximate surface area is 165 Å². The lowest BCUT2D eigenvalue weighted by atomic mass is 9.96. The summed E-state index contributed by atoms with van der Waals surface area (Å²) >= 11 is 0. The van der Waals surface area contributed by atoms with Crippen molar-refractivity contribution in [1.82, 2.24) is 10.2 Å². The van der Waals surface area contributed by atoms with Crippen molar-refractivity contribution in [1.29, 1.82) is 0 Å². The van der Waals surface area contributed by atoms with Crippen LogP contribution in [0.3, 0.4) is 0 Å². The van der Waals surface area contributed by atoms with Gasteiger partial charge >= 0.3 is 0 Å². The number of guanidine groups is 1. The summed E-state index contributed by atoms with van der Waals surface area (Å²) < 4.78 is 11.4. The summed E-state index contributed by atoms with van der Waals surface area (Å²) in [4.78, 5) is 7.03. The molecule has 1 N–H and O–H groups in total. The molecule has 0 radical (unpaired) electrons. The number of hydrogen-bond acceptors (Lipinski definition) is 3. The molecule has 0 amide bonds. The van der Waals surface area contributed by atoms with Gasteiger partial charge in [0.2, 0.25) is 0 Å². The maximum Gasteiger partial charge on any atom is 0.193 e. The van der Waals surface area contributed by atoms with Gasteiger partial charge in [-0.1, -0.05) is 30.3 Å². The molecule has 0 spiro atoms. The molecule has 0 bridgehead atoms. The highest BCUT2D eigenvalue weighted by Crippen LogP contribution is 2.18. The zero-order valence-corrected chi connectivity index (χ0v) is 17.3. The smallest absolute Gasteiger partial charge is 0.193 e. The van der Waals surface area contributed by atoms with Crippen molar-refractivity contribution in [3.05, 3.63) is 35.9 Å². The second kappa shape index (κ2) is 12.7. The Morgan fingerprint density at radius 1 is 1.30 bits per heavy atom. The molecule has 5 nitrogen and oxygen atoms in total. The number of benzene rings is 1. The van der Waals surface area contributed by atoms with Gasteiger partial charge < -0.3 is 19.7 Å². The second-order valence-electron chi connectivity index (χ2n) is 7.28. The predicted octanol–water partition coefficient (Wildman–Crippen LogP) is 3.87. The van der Waals surface area contributed by atoms with Crippen LogP contribution in [-0.4, -0.2) is 57.4 Å². The summed E-state index contributed by atoms with van der Waals surface area (Å²) in [6, 6.07) is 10.4. The molecule has 1 saturated heterocycles. The van der Waals surface area contributed by atoms with Gasteiger partial charge in [-0.15, -0.1) is 0 Å². The molecular formula is C22H37N3O2. The van der Waals surface area contributed by atoms with E-state index >= 15 is 0 Å². The molecule has 27 heavy (non-hydrogen) atoms. The van der Waals surface area contributed by atoms with Crippen LogP contribution in [0.5, 0.6) is 0 Å². The fraction of sp³-hybridized carbons (Fsp3) is 0.682. The third-order valence-electron chi connectivity index (χ3n) is 5.11. The molecule has 1 fully saturated rings. The molecule has 1 aromatic rings. The van der Waals surface area contributed by atoms with E-state index in [2.05, 4.69) is 55.4 Å². The minimum Gasteiger partial charge on any atom is -0.381 e. The van der Waals surface area contributed by atoms with Crippen molar-refractivity contribution in [2.45, 2.75) is 45.6 Å². The van der Waals surface area contributed by atoms with Crippen LogP contribution in [0.25, 0.3) is 0 Å². The molecule has 1 unspecified atom stereocenters. The van der Waals surface area contributed by atoms with Gasteiger partial charge in [0.15, 0.2) is 5.96 Å². The lowest BCUT2D eigenvalue weighted by molar-refractivity contribution is 0.0625. The summed E-state index contributed by atoms with van der Waals surface area (Å²) in [7, 11) is 2.13. The maximum atomic E-state index is 5.94. The van der Waals surface area contributed by atoms with E-state index < -0.39 is 0 Å². The van der Waals surface area contributed by atoms with Crippen LogP contribution >= 0.6 is 0 Å². The van der Waals surface area contributed by atoms with Gasteiger partial charge in [-0.25, -0.2) is 0 Å². The molecule has 0 saturated carbocycles. The Balaban J connectivity index is 1.68. The average Bonchev–Trinajstić information content (AvgIpc) is 2.72. The van der Waals surface area contributed by atoms with E-state index in [9.17, 15) is 0 Å². The second-order valence-corrected chi connectivity index (χ2v) is 7.28. The Morgan fingerprint density at radius 3 is 2.74 bits per heavy atom. The van der Waals surface area contributed by atoms with Crippen molar-refractivity contribution in [3.63, 3.8) is 0 Å². The van der Waals surface area contributed by atoms with Gasteiger partial charge in [0.25, 0.3) is 0 Å². The molecule has 2 rings (SSSR count). The molecule has 5 heteroatoms. The molecule has 152 valence electrons. The summed E-state index contributed by atoms with van der Waals surface area (Å²) in [5.74, 6) is 1.79. The first-order valence-electron chi connectivity index (χ1n) is 10.4. The first-order valence-corrected chi connectivity index (χ1v) is 10.4. The SMILES string of the molecule is CCNC(=NCCCOC(C)c1ccccc1)N(C)CCC1CCOCC1. The van der Waals surface area contributed by atoms with Crippen LogP contribution in [0.15, 0.2) is 35.3 Å². The third-order valence-corrected chi connectivity index (χ3v) is 5.11. The minimum atomic E-state index is 0.130. The van der Waals surface area contributed by atoms with E-state index in [0.29, 0.717) is 0 Å². The first kappa shape index (κ1) is 21.7. The zero-order chi connectivity index (χ0) is 19.3. The predicted molar refractivity (Wildman–Crippen MR) is 112 cm³/mol. The van der Waals surface area contributed by atoms with Gasteiger partial charge in [-0.3, -0.25) is 4.99 Å². The Bertz CT molecular complexity index is 530. The van der Waals surface area contributed by atoms with Crippen LogP contribution < -0.4 is 5.32 Å². The lowest BCUT2D eigenvalue weighted by Gasteiger charge is -2.26. The monoisotopic (exact) mass is 375 g/mol. The highest BCUT2D eigenvalue weighted by Gasteiger charge is 2.15. The quantitative estimate of drug-likeness (QED) is 0.383. The van der Waals surface area contributed by atoms with Gasteiger partial charge in [0.1, 0.15) is 0 Å². The van der Waals surface area contributed by atoms with Crippen molar-refractivity contribution in [2.75, 3.05) is 46.5 Å². The van der Waals surface area contributed by atoms with E-state index in [0.717, 1.165) is 57.8 Å². The van der Waals surface area contributed by atoms with E-state index in [4.69, 9.17) is 14.5 Å². The van der Waals surface area contributed by atoms with Crippen LogP contribution in [0, 0.1) is 5.92 Å². The lowest BCUT2D eigenvalue weighted by Crippen LogP contribution is -2.40. The van der Waals surface area contributed by atoms with Crippen molar-refractivity contribution in [3.8, 4) is 0 Å². The number of nitrogens with one attached hydrogen (secondary N) is 1. The largest absolute Gasteiger partial charge is 0.381 e. The highest BCUT2D eigenvalue weighted by atomic mass is 16.5.